The normalized spacial score (nSPS) is 22.3. The van der Waals surface area contributed by atoms with Crippen molar-refractivity contribution in [1.29, 1.82) is 0 Å². The molecule has 9 heteroatoms. The largest absolute Gasteiger partial charge is 0.444 e. The van der Waals surface area contributed by atoms with Crippen LogP contribution in [0.3, 0.4) is 0 Å². The van der Waals surface area contributed by atoms with Gasteiger partial charge in [0, 0.05) is 24.2 Å². The van der Waals surface area contributed by atoms with Gasteiger partial charge in [0.15, 0.2) is 0 Å². The first-order valence-electron chi connectivity index (χ1n) is 11.9. The Labute approximate surface area is 205 Å². The number of likely N-dealkylation sites (tertiary alicyclic amines) is 1. The van der Waals surface area contributed by atoms with Crippen molar-refractivity contribution in [3.8, 4) is 11.3 Å². The zero-order valence-electron chi connectivity index (χ0n) is 21.0. The van der Waals surface area contributed by atoms with E-state index in [4.69, 9.17) is 10.5 Å². The molecular weight excluding hydrogens is 449 g/mol. The Hall–Kier alpha value is -3.20. The maximum Gasteiger partial charge on any atom is 0.411 e. The first kappa shape index (κ1) is 24.9. The van der Waals surface area contributed by atoms with Crippen molar-refractivity contribution in [3.63, 3.8) is 0 Å². The third-order valence-electron chi connectivity index (χ3n) is 6.74. The number of ether oxygens (including phenoxy) is 1. The molecule has 2 bridgehead atoms. The van der Waals surface area contributed by atoms with Crippen molar-refractivity contribution in [2.24, 2.45) is 18.7 Å². The number of benzene rings is 1. The highest BCUT2D eigenvalue weighted by Crippen LogP contribution is 2.43. The van der Waals surface area contributed by atoms with Gasteiger partial charge in [-0.1, -0.05) is 18.7 Å². The molecule has 1 aromatic heterocycles. The molecule has 3 N–H and O–H groups in total. The second-order valence-corrected chi connectivity index (χ2v) is 10.6. The highest BCUT2D eigenvalue weighted by atomic mass is 19.1. The topological polar surface area (TPSA) is 102 Å². The molecule has 8 nitrogen and oxygen atoms in total. The predicted octanol–water partition coefficient (Wildman–Crippen LogP) is 3.74. The standard InChI is InChI=1S/C26H34FN5O3/c1-14-11-21(31(6)30-14)16-8-10-19(20(27)13-16)15(2)23(28)29-24(33)22-17-7-9-18(12-17)32(22)25(34)35-26(3,4)5/h8,10-11,13,17-18,22-23H,2,7,9,12,28H2,1,3-6H3,(H,29,33). The van der Waals surface area contributed by atoms with Gasteiger partial charge in [-0.25, -0.2) is 9.18 Å². The van der Waals surface area contributed by atoms with E-state index in [0.29, 0.717) is 5.56 Å². The van der Waals surface area contributed by atoms with E-state index in [9.17, 15) is 9.59 Å². The summed E-state index contributed by atoms with van der Waals surface area (Å²) in [6, 6.07) is 5.97. The number of aryl methyl sites for hydroxylation is 2. The Bertz CT molecular complexity index is 1170. The number of aromatic nitrogens is 2. The Balaban J connectivity index is 1.47. The van der Waals surface area contributed by atoms with E-state index < -0.39 is 29.7 Å². The minimum atomic E-state index is -1.01. The van der Waals surface area contributed by atoms with Crippen LogP contribution in [0.15, 0.2) is 30.8 Å². The van der Waals surface area contributed by atoms with E-state index in [2.05, 4.69) is 17.0 Å². The second-order valence-electron chi connectivity index (χ2n) is 10.6. The molecule has 4 unspecified atom stereocenters. The maximum atomic E-state index is 15.0. The average Bonchev–Trinajstić information content (AvgIpc) is 3.46. The minimum Gasteiger partial charge on any atom is -0.444 e. The fraction of sp³-hybridized carbons (Fsp3) is 0.500. The number of amides is 2. The molecule has 1 aliphatic carbocycles. The van der Waals surface area contributed by atoms with Crippen molar-refractivity contribution in [1.82, 2.24) is 20.0 Å². The van der Waals surface area contributed by atoms with Gasteiger partial charge < -0.3 is 15.8 Å². The van der Waals surface area contributed by atoms with Crippen LogP contribution in [0, 0.1) is 18.7 Å². The van der Waals surface area contributed by atoms with E-state index in [1.165, 1.54) is 6.07 Å². The molecule has 188 valence electrons. The fourth-order valence-corrected chi connectivity index (χ4v) is 5.21. The van der Waals surface area contributed by atoms with Gasteiger partial charge in [-0.05, 0) is 70.6 Å². The third-order valence-corrected chi connectivity index (χ3v) is 6.74. The molecule has 2 amide bonds. The number of halogens is 1. The lowest BCUT2D eigenvalue weighted by Crippen LogP contribution is -2.56. The monoisotopic (exact) mass is 483 g/mol. The van der Waals surface area contributed by atoms with E-state index in [-0.39, 0.29) is 29.0 Å². The van der Waals surface area contributed by atoms with Gasteiger partial charge in [-0.3, -0.25) is 14.4 Å². The summed E-state index contributed by atoms with van der Waals surface area (Å²) >= 11 is 0. The quantitative estimate of drug-likeness (QED) is 0.631. The molecule has 1 saturated carbocycles. The number of hydrogen-bond donors (Lipinski definition) is 2. The van der Waals surface area contributed by atoms with Crippen molar-refractivity contribution >= 4 is 17.6 Å². The lowest BCUT2D eigenvalue weighted by atomic mass is 9.97. The lowest BCUT2D eigenvalue weighted by Gasteiger charge is -2.36. The van der Waals surface area contributed by atoms with E-state index in [0.717, 1.165) is 30.7 Å². The number of carbonyl (C=O) groups is 2. The summed E-state index contributed by atoms with van der Waals surface area (Å²) < 4.78 is 22.3. The summed E-state index contributed by atoms with van der Waals surface area (Å²) in [5.41, 5.74) is 8.34. The van der Waals surface area contributed by atoms with Crippen molar-refractivity contribution in [2.45, 2.75) is 70.8 Å². The number of carbonyl (C=O) groups excluding carboxylic acids is 2. The first-order chi connectivity index (χ1) is 16.4. The van der Waals surface area contributed by atoms with Crippen LogP contribution in [0.2, 0.25) is 0 Å². The molecule has 4 atom stereocenters. The van der Waals surface area contributed by atoms with Gasteiger partial charge in [0.2, 0.25) is 5.91 Å². The van der Waals surface area contributed by atoms with Crippen LogP contribution >= 0.6 is 0 Å². The fourth-order valence-electron chi connectivity index (χ4n) is 5.21. The number of nitrogens with one attached hydrogen (secondary N) is 1. The Morgan fingerprint density at radius 1 is 1.29 bits per heavy atom. The summed E-state index contributed by atoms with van der Waals surface area (Å²) in [6.07, 6.45) is 0.963. The number of fused-ring (bicyclic) bond motifs is 2. The predicted molar refractivity (Wildman–Crippen MR) is 131 cm³/mol. The SMILES string of the molecule is C=C(c1ccc(-c2cc(C)nn2C)cc1F)C(N)NC(=O)C1C2CCC(C2)N1C(=O)OC(C)(C)C. The highest BCUT2D eigenvalue weighted by molar-refractivity contribution is 5.89. The van der Waals surface area contributed by atoms with Gasteiger partial charge in [-0.2, -0.15) is 5.10 Å². The Morgan fingerprint density at radius 3 is 2.60 bits per heavy atom. The zero-order valence-corrected chi connectivity index (χ0v) is 21.0. The Morgan fingerprint density at radius 2 is 2.00 bits per heavy atom. The maximum absolute atomic E-state index is 15.0. The molecule has 35 heavy (non-hydrogen) atoms. The summed E-state index contributed by atoms with van der Waals surface area (Å²) in [5.74, 6) is -0.822. The minimum absolute atomic E-state index is 0.0225. The number of nitrogens with two attached hydrogens (primary N) is 1. The molecule has 1 saturated heterocycles. The molecule has 4 rings (SSSR count). The molecule has 2 fully saturated rings. The van der Waals surface area contributed by atoms with E-state index >= 15 is 4.39 Å². The van der Waals surface area contributed by atoms with Crippen molar-refractivity contribution in [2.75, 3.05) is 0 Å². The van der Waals surface area contributed by atoms with Crippen LogP contribution < -0.4 is 11.1 Å². The van der Waals surface area contributed by atoms with Crippen LogP contribution in [-0.2, 0) is 16.6 Å². The van der Waals surface area contributed by atoms with Crippen molar-refractivity contribution < 1.29 is 18.7 Å². The smallest absolute Gasteiger partial charge is 0.411 e. The van der Waals surface area contributed by atoms with Crippen LogP contribution in [0.5, 0.6) is 0 Å². The van der Waals surface area contributed by atoms with Crippen LogP contribution in [0.1, 0.15) is 51.3 Å². The summed E-state index contributed by atoms with van der Waals surface area (Å²) in [5, 5.41) is 7.05. The highest BCUT2D eigenvalue weighted by Gasteiger charge is 2.52. The molecule has 1 aliphatic heterocycles. The summed E-state index contributed by atoms with van der Waals surface area (Å²) in [7, 11) is 1.80. The van der Waals surface area contributed by atoms with Gasteiger partial charge in [0.1, 0.15) is 23.6 Å². The number of rotatable bonds is 5. The van der Waals surface area contributed by atoms with Crippen LogP contribution in [0.25, 0.3) is 16.8 Å². The first-order valence-corrected chi connectivity index (χ1v) is 11.9. The van der Waals surface area contributed by atoms with Gasteiger partial charge >= 0.3 is 6.09 Å². The number of nitrogens with zero attached hydrogens (tertiary/aromatic N) is 3. The average molecular weight is 484 g/mol. The lowest BCUT2D eigenvalue weighted by molar-refractivity contribution is -0.128. The van der Waals surface area contributed by atoms with Crippen LogP contribution in [0.4, 0.5) is 9.18 Å². The van der Waals surface area contributed by atoms with E-state index in [1.807, 2.05) is 13.0 Å². The zero-order chi connectivity index (χ0) is 25.7. The number of piperidine rings is 1. The molecule has 2 heterocycles. The van der Waals surface area contributed by atoms with Crippen LogP contribution in [-0.4, -0.2) is 50.5 Å². The van der Waals surface area contributed by atoms with Gasteiger partial charge in [0.25, 0.3) is 0 Å². The summed E-state index contributed by atoms with van der Waals surface area (Å²) in [6.45, 7) is 11.2. The molecular formula is C26H34FN5O3. The van der Waals surface area contributed by atoms with Crippen molar-refractivity contribution in [3.05, 3.63) is 47.9 Å². The molecule has 0 radical (unpaired) electrons. The van der Waals surface area contributed by atoms with E-state index in [1.54, 1.807) is 49.5 Å². The second kappa shape index (κ2) is 9.11. The van der Waals surface area contributed by atoms with Gasteiger partial charge in [0.05, 0.1) is 11.4 Å². The molecule has 2 aliphatic rings. The third kappa shape index (κ3) is 4.96. The van der Waals surface area contributed by atoms with Gasteiger partial charge in [-0.15, -0.1) is 0 Å². The molecule has 2 aromatic rings. The molecule has 0 spiro atoms. The number of hydrogen-bond acceptors (Lipinski definition) is 5. The Kier molecular flexibility index (Phi) is 6.48. The molecule has 1 aromatic carbocycles. The summed E-state index contributed by atoms with van der Waals surface area (Å²) in [4.78, 5) is 27.6.